The number of amides is 1. The predicted molar refractivity (Wildman–Crippen MR) is 80.0 cm³/mol. The molecule has 2 rings (SSSR count). The molecule has 21 heavy (non-hydrogen) atoms. The SMILES string of the molecule is Nc1cc(C(=O)NCCCCC(=O)O)nc2ccccc12. The molecule has 0 radical (unpaired) electrons. The van der Waals surface area contributed by atoms with Gasteiger partial charge in [0, 0.05) is 24.0 Å². The Bertz CT molecular complexity index is 670. The molecule has 2 aromatic rings. The molecule has 4 N–H and O–H groups in total. The van der Waals surface area contributed by atoms with Gasteiger partial charge in [-0.05, 0) is 25.0 Å². The number of carboxylic acids is 1. The molecule has 0 aliphatic rings. The number of aliphatic carboxylic acids is 1. The molecule has 0 aliphatic heterocycles. The first-order valence-corrected chi connectivity index (χ1v) is 6.73. The molecule has 0 unspecified atom stereocenters. The van der Waals surface area contributed by atoms with Gasteiger partial charge in [-0.3, -0.25) is 9.59 Å². The average molecular weight is 287 g/mol. The molecule has 0 saturated heterocycles. The fourth-order valence-corrected chi connectivity index (χ4v) is 2.01. The maximum Gasteiger partial charge on any atom is 0.303 e. The second-order valence-electron chi connectivity index (χ2n) is 4.72. The first kappa shape index (κ1) is 14.8. The van der Waals surface area contributed by atoms with Crippen LogP contribution in [0.4, 0.5) is 5.69 Å². The van der Waals surface area contributed by atoms with Gasteiger partial charge in [0.05, 0.1) is 5.52 Å². The Balaban J connectivity index is 1.98. The number of unbranched alkanes of at least 4 members (excludes halogenated alkanes) is 1. The minimum atomic E-state index is -0.828. The number of pyridine rings is 1. The number of benzene rings is 1. The molecule has 1 aromatic heterocycles. The van der Waals surface area contributed by atoms with E-state index < -0.39 is 5.97 Å². The van der Waals surface area contributed by atoms with E-state index in [1.54, 1.807) is 12.1 Å². The normalized spacial score (nSPS) is 10.5. The van der Waals surface area contributed by atoms with Crippen LogP contribution in [0.25, 0.3) is 10.9 Å². The van der Waals surface area contributed by atoms with E-state index in [1.807, 2.05) is 18.2 Å². The Hall–Kier alpha value is -2.63. The zero-order valence-corrected chi connectivity index (χ0v) is 11.5. The fraction of sp³-hybridized carbons (Fsp3) is 0.267. The molecule has 1 heterocycles. The second-order valence-corrected chi connectivity index (χ2v) is 4.72. The number of hydrogen-bond acceptors (Lipinski definition) is 4. The van der Waals surface area contributed by atoms with Gasteiger partial charge >= 0.3 is 5.97 Å². The van der Waals surface area contributed by atoms with Gasteiger partial charge in [-0.2, -0.15) is 0 Å². The van der Waals surface area contributed by atoms with Crippen LogP contribution in [0.5, 0.6) is 0 Å². The highest BCUT2D eigenvalue weighted by Gasteiger charge is 2.10. The molecule has 1 aromatic carbocycles. The Morgan fingerprint density at radius 2 is 2.00 bits per heavy atom. The number of nitrogens with one attached hydrogen (secondary N) is 1. The summed E-state index contributed by atoms with van der Waals surface area (Å²) in [5, 5.41) is 12.0. The quantitative estimate of drug-likeness (QED) is 0.702. The standard InChI is InChI=1S/C15H17N3O3/c16-11-9-13(18-12-6-2-1-5-10(11)12)15(21)17-8-4-3-7-14(19)20/h1-2,5-6,9H,3-4,7-8H2,(H2,16,18)(H,17,21)(H,19,20). The lowest BCUT2D eigenvalue weighted by atomic mass is 10.1. The maximum absolute atomic E-state index is 12.0. The molecular weight excluding hydrogens is 270 g/mol. The van der Waals surface area contributed by atoms with Crippen molar-refractivity contribution in [3.63, 3.8) is 0 Å². The third kappa shape index (κ3) is 3.92. The predicted octanol–water partition coefficient (Wildman–Crippen LogP) is 1.80. The Morgan fingerprint density at radius 1 is 1.24 bits per heavy atom. The van der Waals surface area contributed by atoms with Gasteiger partial charge in [0.2, 0.25) is 0 Å². The number of carbonyl (C=O) groups excluding carboxylic acids is 1. The number of fused-ring (bicyclic) bond motifs is 1. The van der Waals surface area contributed by atoms with Crippen molar-refractivity contribution in [2.45, 2.75) is 19.3 Å². The van der Waals surface area contributed by atoms with E-state index >= 15 is 0 Å². The van der Waals surface area contributed by atoms with Gasteiger partial charge in [0.25, 0.3) is 5.91 Å². The number of aromatic nitrogens is 1. The zero-order valence-electron chi connectivity index (χ0n) is 11.5. The molecule has 0 aliphatic carbocycles. The number of hydrogen-bond donors (Lipinski definition) is 3. The highest BCUT2D eigenvalue weighted by atomic mass is 16.4. The van der Waals surface area contributed by atoms with Gasteiger partial charge in [-0.1, -0.05) is 18.2 Å². The number of carbonyl (C=O) groups is 2. The summed E-state index contributed by atoms with van der Waals surface area (Å²) in [6.45, 7) is 0.417. The van der Waals surface area contributed by atoms with E-state index in [0.717, 1.165) is 5.39 Å². The van der Waals surface area contributed by atoms with Crippen LogP contribution in [0, 0.1) is 0 Å². The first-order chi connectivity index (χ1) is 10.1. The minimum Gasteiger partial charge on any atom is -0.481 e. The van der Waals surface area contributed by atoms with Crippen LogP contribution >= 0.6 is 0 Å². The summed E-state index contributed by atoms with van der Waals surface area (Å²) in [7, 11) is 0. The van der Waals surface area contributed by atoms with Crippen LogP contribution in [0.15, 0.2) is 30.3 Å². The van der Waals surface area contributed by atoms with E-state index in [0.29, 0.717) is 30.6 Å². The van der Waals surface area contributed by atoms with Crippen LogP contribution < -0.4 is 11.1 Å². The first-order valence-electron chi connectivity index (χ1n) is 6.73. The van der Waals surface area contributed by atoms with Gasteiger partial charge in [-0.25, -0.2) is 4.98 Å². The van der Waals surface area contributed by atoms with Gasteiger partial charge in [0.15, 0.2) is 0 Å². The summed E-state index contributed by atoms with van der Waals surface area (Å²) in [4.78, 5) is 26.6. The largest absolute Gasteiger partial charge is 0.481 e. The number of carboxylic acid groups (broad SMARTS) is 1. The van der Waals surface area contributed by atoms with Crippen LogP contribution in [0.2, 0.25) is 0 Å². The molecule has 0 fully saturated rings. The highest BCUT2D eigenvalue weighted by Crippen LogP contribution is 2.19. The molecule has 0 atom stereocenters. The molecule has 0 spiro atoms. The number of nitrogens with zero attached hydrogens (tertiary/aromatic N) is 1. The fourth-order valence-electron chi connectivity index (χ4n) is 2.01. The monoisotopic (exact) mass is 287 g/mol. The molecule has 110 valence electrons. The van der Waals surface area contributed by atoms with Gasteiger partial charge < -0.3 is 16.2 Å². The molecule has 0 saturated carbocycles. The van der Waals surface area contributed by atoms with Crippen LogP contribution in [0.3, 0.4) is 0 Å². The maximum atomic E-state index is 12.0. The van der Waals surface area contributed by atoms with Crippen molar-refractivity contribution in [1.29, 1.82) is 0 Å². The lowest BCUT2D eigenvalue weighted by Crippen LogP contribution is -2.25. The van der Waals surface area contributed by atoms with Crippen molar-refractivity contribution in [3.8, 4) is 0 Å². The molecule has 6 nitrogen and oxygen atoms in total. The summed E-state index contributed by atoms with van der Waals surface area (Å²) >= 11 is 0. The summed E-state index contributed by atoms with van der Waals surface area (Å²) < 4.78 is 0. The van der Waals surface area contributed by atoms with E-state index in [1.165, 1.54) is 0 Å². The molecule has 0 bridgehead atoms. The second kappa shape index (κ2) is 6.69. The summed E-state index contributed by atoms with van der Waals surface area (Å²) in [6, 6.07) is 8.90. The Labute approximate surface area is 122 Å². The lowest BCUT2D eigenvalue weighted by molar-refractivity contribution is -0.137. The van der Waals surface area contributed by atoms with E-state index in [2.05, 4.69) is 10.3 Å². The van der Waals surface area contributed by atoms with E-state index in [9.17, 15) is 9.59 Å². The number of para-hydroxylation sites is 1. The van der Waals surface area contributed by atoms with Crippen LogP contribution in [0.1, 0.15) is 29.8 Å². The Kier molecular flexibility index (Phi) is 4.71. The summed E-state index contributed by atoms with van der Waals surface area (Å²) in [5.41, 5.74) is 7.37. The van der Waals surface area contributed by atoms with Crippen LogP contribution in [-0.4, -0.2) is 28.5 Å². The number of rotatable bonds is 6. The zero-order chi connectivity index (χ0) is 15.2. The average Bonchev–Trinajstić information content (AvgIpc) is 2.46. The minimum absolute atomic E-state index is 0.108. The molecule has 6 heteroatoms. The van der Waals surface area contributed by atoms with Crippen molar-refractivity contribution in [3.05, 3.63) is 36.0 Å². The lowest BCUT2D eigenvalue weighted by Gasteiger charge is -2.07. The molecular formula is C15H17N3O3. The topological polar surface area (TPSA) is 105 Å². The number of nitrogens with two attached hydrogens (primary N) is 1. The highest BCUT2D eigenvalue weighted by molar-refractivity contribution is 5.99. The smallest absolute Gasteiger partial charge is 0.303 e. The van der Waals surface area contributed by atoms with Crippen molar-refractivity contribution in [1.82, 2.24) is 10.3 Å². The van der Waals surface area contributed by atoms with Crippen molar-refractivity contribution < 1.29 is 14.7 Å². The van der Waals surface area contributed by atoms with E-state index in [-0.39, 0.29) is 18.0 Å². The van der Waals surface area contributed by atoms with E-state index in [4.69, 9.17) is 10.8 Å². The third-order valence-electron chi connectivity index (χ3n) is 3.08. The molecule has 1 amide bonds. The third-order valence-corrected chi connectivity index (χ3v) is 3.08. The van der Waals surface area contributed by atoms with Crippen molar-refractivity contribution in [2.75, 3.05) is 12.3 Å². The Morgan fingerprint density at radius 3 is 2.76 bits per heavy atom. The number of anilines is 1. The summed E-state index contributed by atoms with van der Waals surface area (Å²) in [5.74, 6) is -1.13. The summed E-state index contributed by atoms with van der Waals surface area (Å²) in [6.07, 6.45) is 1.25. The van der Waals surface area contributed by atoms with Gasteiger partial charge in [-0.15, -0.1) is 0 Å². The van der Waals surface area contributed by atoms with Gasteiger partial charge in [0.1, 0.15) is 5.69 Å². The van der Waals surface area contributed by atoms with Crippen LogP contribution in [-0.2, 0) is 4.79 Å². The number of nitrogen functional groups attached to an aromatic ring is 1. The van der Waals surface area contributed by atoms with Crippen molar-refractivity contribution in [2.24, 2.45) is 0 Å². The van der Waals surface area contributed by atoms with Crippen molar-refractivity contribution >= 4 is 28.5 Å².